The summed E-state index contributed by atoms with van der Waals surface area (Å²) in [6.07, 6.45) is 2.34. The Bertz CT molecular complexity index is 253. The molecule has 5 heteroatoms. The van der Waals surface area contributed by atoms with Gasteiger partial charge in [-0.1, -0.05) is 0 Å². The monoisotopic (exact) mass is 271 g/mol. The normalized spacial score (nSPS) is 19.3. The third-order valence-corrected chi connectivity index (χ3v) is 3.84. The quantitative estimate of drug-likeness (QED) is 0.630. The number of piperidine rings is 1. The van der Waals surface area contributed by atoms with Gasteiger partial charge in [-0.3, -0.25) is 9.69 Å². The van der Waals surface area contributed by atoms with Gasteiger partial charge in [0, 0.05) is 20.2 Å². The highest BCUT2D eigenvalue weighted by Crippen LogP contribution is 2.18. The van der Waals surface area contributed by atoms with Crippen LogP contribution in [0.4, 0.5) is 0 Å². The maximum absolute atomic E-state index is 11.8. The lowest BCUT2D eigenvalue weighted by atomic mass is 9.95. The van der Waals surface area contributed by atoms with Crippen molar-refractivity contribution in [3.8, 4) is 0 Å². The molecule has 5 nitrogen and oxygen atoms in total. The molecule has 1 saturated heterocycles. The van der Waals surface area contributed by atoms with Crippen molar-refractivity contribution in [2.24, 2.45) is 5.92 Å². The van der Waals surface area contributed by atoms with Gasteiger partial charge in [-0.05, 0) is 52.2 Å². The SMILES string of the molecule is CCNC(=O)C(C)N1CCC(CNCCOC)CC1. The molecule has 0 aromatic carbocycles. The number of ether oxygens (including phenoxy) is 1. The fraction of sp³-hybridized carbons (Fsp3) is 0.929. The van der Waals surface area contributed by atoms with Crippen LogP contribution in [0.5, 0.6) is 0 Å². The van der Waals surface area contributed by atoms with E-state index in [1.165, 1.54) is 12.8 Å². The Morgan fingerprint density at radius 3 is 2.68 bits per heavy atom. The lowest BCUT2D eigenvalue weighted by Gasteiger charge is -2.35. The molecule has 2 N–H and O–H groups in total. The summed E-state index contributed by atoms with van der Waals surface area (Å²) in [7, 11) is 1.73. The molecule has 0 aliphatic carbocycles. The van der Waals surface area contributed by atoms with Gasteiger partial charge in [-0.2, -0.15) is 0 Å². The number of rotatable bonds is 8. The zero-order chi connectivity index (χ0) is 14.1. The van der Waals surface area contributed by atoms with Crippen LogP contribution in [0, 0.1) is 5.92 Å². The smallest absolute Gasteiger partial charge is 0.237 e. The van der Waals surface area contributed by atoms with Crippen LogP contribution in [0.3, 0.4) is 0 Å². The van der Waals surface area contributed by atoms with Crippen LogP contribution in [0.25, 0.3) is 0 Å². The van der Waals surface area contributed by atoms with E-state index in [1.807, 2.05) is 13.8 Å². The molecule has 1 rings (SSSR count). The minimum absolute atomic E-state index is 0.00218. The van der Waals surface area contributed by atoms with Gasteiger partial charge in [0.25, 0.3) is 0 Å². The maximum Gasteiger partial charge on any atom is 0.237 e. The number of hydrogen-bond donors (Lipinski definition) is 2. The first-order valence-electron chi connectivity index (χ1n) is 7.40. The molecule has 1 amide bonds. The first-order chi connectivity index (χ1) is 9.19. The molecule has 1 aliphatic heterocycles. The minimum Gasteiger partial charge on any atom is -0.383 e. The number of nitrogens with zero attached hydrogens (tertiary/aromatic N) is 1. The number of likely N-dealkylation sites (tertiary alicyclic amines) is 1. The lowest BCUT2D eigenvalue weighted by Crippen LogP contribution is -2.49. The molecular formula is C14H29N3O2. The lowest BCUT2D eigenvalue weighted by molar-refractivity contribution is -0.126. The first-order valence-corrected chi connectivity index (χ1v) is 7.40. The second-order valence-electron chi connectivity index (χ2n) is 5.25. The third kappa shape index (κ3) is 5.89. The van der Waals surface area contributed by atoms with Gasteiger partial charge in [-0.15, -0.1) is 0 Å². The summed E-state index contributed by atoms with van der Waals surface area (Å²) in [5.41, 5.74) is 0. The van der Waals surface area contributed by atoms with Crippen molar-refractivity contribution in [3.05, 3.63) is 0 Å². The van der Waals surface area contributed by atoms with E-state index in [4.69, 9.17) is 4.74 Å². The number of carbonyl (C=O) groups is 1. The summed E-state index contributed by atoms with van der Waals surface area (Å²) in [5.74, 6) is 0.883. The summed E-state index contributed by atoms with van der Waals surface area (Å²) in [5, 5.41) is 6.32. The predicted octanol–water partition coefficient (Wildman–Crippen LogP) is 0.459. The Hall–Kier alpha value is -0.650. The highest BCUT2D eigenvalue weighted by atomic mass is 16.5. The van der Waals surface area contributed by atoms with Crippen LogP contribution in [0.2, 0.25) is 0 Å². The summed E-state index contributed by atoms with van der Waals surface area (Å²) >= 11 is 0. The highest BCUT2D eigenvalue weighted by molar-refractivity contribution is 5.81. The fourth-order valence-electron chi connectivity index (χ4n) is 2.51. The molecule has 0 bridgehead atoms. The number of carbonyl (C=O) groups excluding carboxylic acids is 1. The second kappa shape index (κ2) is 9.28. The summed E-state index contributed by atoms with van der Waals surface area (Å²) in [6, 6.07) is 0.00218. The van der Waals surface area contributed by atoms with E-state index in [2.05, 4.69) is 15.5 Å². The van der Waals surface area contributed by atoms with Crippen LogP contribution in [0.15, 0.2) is 0 Å². The van der Waals surface area contributed by atoms with E-state index in [1.54, 1.807) is 7.11 Å². The Kier molecular flexibility index (Phi) is 8.02. The topological polar surface area (TPSA) is 53.6 Å². The van der Waals surface area contributed by atoms with Gasteiger partial charge >= 0.3 is 0 Å². The van der Waals surface area contributed by atoms with E-state index < -0.39 is 0 Å². The summed E-state index contributed by atoms with van der Waals surface area (Å²) in [4.78, 5) is 14.1. The van der Waals surface area contributed by atoms with Crippen molar-refractivity contribution in [3.63, 3.8) is 0 Å². The van der Waals surface area contributed by atoms with Gasteiger partial charge in [0.1, 0.15) is 0 Å². The van der Waals surface area contributed by atoms with Crippen LogP contribution >= 0.6 is 0 Å². The van der Waals surface area contributed by atoms with Crippen molar-refractivity contribution in [2.45, 2.75) is 32.7 Å². The van der Waals surface area contributed by atoms with Gasteiger partial charge < -0.3 is 15.4 Å². The highest BCUT2D eigenvalue weighted by Gasteiger charge is 2.25. The van der Waals surface area contributed by atoms with Gasteiger partial charge in [0.05, 0.1) is 12.6 Å². The van der Waals surface area contributed by atoms with Crippen molar-refractivity contribution in [1.29, 1.82) is 0 Å². The summed E-state index contributed by atoms with van der Waals surface area (Å²) < 4.78 is 5.01. The Morgan fingerprint density at radius 2 is 2.11 bits per heavy atom. The van der Waals surface area contributed by atoms with Crippen molar-refractivity contribution < 1.29 is 9.53 Å². The fourth-order valence-corrected chi connectivity index (χ4v) is 2.51. The van der Waals surface area contributed by atoms with Gasteiger partial charge in [0.2, 0.25) is 5.91 Å². The second-order valence-corrected chi connectivity index (χ2v) is 5.25. The number of likely N-dealkylation sites (N-methyl/N-ethyl adjacent to an activating group) is 1. The summed E-state index contributed by atoms with van der Waals surface area (Å²) in [6.45, 7) is 9.48. The molecular weight excluding hydrogens is 242 g/mol. The van der Waals surface area contributed by atoms with Crippen molar-refractivity contribution in [1.82, 2.24) is 15.5 Å². The number of amides is 1. The van der Waals surface area contributed by atoms with E-state index in [0.29, 0.717) is 6.54 Å². The molecule has 1 atom stereocenters. The van der Waals surface area contributed by atoms with Gasteiger partial charge in [-0.25, -0.2) is 0 Å². The van der Waals surface area contributed by atoms with Crippen molar-refractivity contribution in [2.75, 3.05) is 46.4 Å². The Balaban J connectivity index is 2.19. The number of methoxy groups -OCH3 is 1. The molecule has 1 aliphatic rings. The van der Waals surface area contributed by atoms with Gasteiger partial charge in [0.15, 0.2) is 0 Å². The molecule has 112 valence electrons. The zero-order valence-corrected chi connectivity index (χ0v) is 12.6. The Labute approximate surface area is 117 Å². The van der Waals surface area contributed by atoms with Crippen LogP contribution in [-0.2, 0) is 9.53 Å². The molecule has 1 heterocycles. The van der Waals surface area contributed by atoms with Crippen molar-refractivity contribution >= 4 is 5.91 Å². The van der Waals surface area contributed by atoms with E-state index in [-0.39, 0.29) is 11.9 Å². The average Bonchev–Trinajstić information content (AvgIpc) is 2.44. The average molecular weight is 271 g/mol. The van der Waals surface area contributed by atoms with Crippen LogP contribution in [0.1, 0.15) is 26.7 Å². The molecule has 0 saturated carbocycles. The number of nitrogens with one attached hydrogen (secondary N) is 2. The number of hydrogen-bond acceptors (Lipinski definition) is 4. The molecule has 1 fully saturated rings. The maximum atomic E-state index is 11.8. The predicted molar refractivity (Wildman–Crippen MR) is 77.2 cm³/mol. The first kappa shape index (κ1) is 16.4. The molecule has 0 aromatic rings. The minimum atomic E-state index is 0.00218. The van der Waals surface area contributed by atoms with Crippen LogP contribution in [-0.4, -0.2) is 63.3 Å². The third-order valence-electron chi connectivity index (χ3n) is 3.84. The van der Waals surface area contributed by atoms with E-state index in [0.717, 1.165) is 38.7 Å². The van der Waals surface area contributed by atoms with Crippen LogP contribution < -0.4 is 10.6 Å². The standard InChI is InChI=1S/C14H29N3O2/c1-4-16-14(18)12(2)17-8-5-13(6-9-17)11-15-7-10-19-3/h12-13,15H,4-11H2,1-3H3,(H,16,18). The Morgan fingerprint density at radius 1 is 1.42 bits per heavy atom. The molecule has 0 radical (unpaired) electrons. The molecule has 0 aromatic heterocycles. The van der Waals surface area contributed by atoms with E-state index >= 15 is 0 Å². The zero-order valence-electron chi connectivity index (χ0n) is 12.6. The largest absolute Gasteiger partial charge is 0.383 e. The van der Waals surface area contributed by atoms with E-state index in [9.17, 15) is 4.79 Å². The molecule has 19 heavy (non-hydrogen) atoms. The molecule has 0 spiro atoms. The molecule has 1 unspecified atom stereocenters.